The summed E-state index contributed by atoms with van der Waals surface area (Å²) in [7, 11) is 2.97. The predicted molar refractivity (Wildman–Crippen MR) is 97.6 cm³/mol. The minimum Gasteiger partial charge on any atom is -0.491 e. The summed E-state index contributed by atoms with van der Waals surface area (Å²) >= 11 is 0. The van der Waals surface area contributed by atoms with Gasteiger partial charge in [0.2, 0.25) is 0 Å². The van der Waals surface area contributed by atoms with Crippen molar-refractivity contribution in [2.45, 2.75) is 26.5 Å². The van der Waals surface area contributed by atoms with Crippen LogP contribution in [-0.4, -0.2) is 36.5 Å². The molecule has 0 fully saturated rings. The van der Waals surface area contributed by atoms with E-state index in [1.165, 1.54) is 17.9 Å². The second-order valence-corrected chi connectivity index (χ2v) is 6.56. The minimum absolute atomic E-state index is 0.0780. The number of rotatable bonds is 5. The summed E-state index contributed by atoms with van der Waals surface area (Å²) in [5.41, 5.74) is 1.86. The van der Waals surface area contributed by atoms with Crippen LogP contribution in [0.3, 0.4) is 0 Å². The number of fused-ring (bicyclic) bond motifs is 1. The lowest BCUT2D eigenvalue weighted by Crippen LogP contribution is -2.38. The highest BCUT2D eigenvalue weighted by molar-refractivity contribution is 5.69. The van der Waals surface area contributed by atoms with E-state index in [9.17, 15) is 14.7 Å². The Balaban J connectivity index is 1.81. The van der Waals surface area contributed by atoms with E-state index in [0.717, 1.165) is 15.7 Å². The average Bonchev–Trinajstić information content (AvgIpc) is 2.99. The molecule has 3 aromatic rings. The van der Waals surface area contributed by atoms with E-state index in [0.29, 0.717) is 11.4 Å². The van der Waals surface area contributed by atoms with Crippen molar-refractivity contribution >= 4 is 11.2 Å². The second-order valence-electron chi connectivity index (χ2n) is 6.56. The lowest BCUT2D eigenvalue weighted by Gasteiger charge is -2.14. The number of ether oxygens (including phenoxy) is 1. The van der Waals surface area contributed by atoms with Crippen molar-refractivity contribution in [2.75, 3.05) is 6.61 Å². The molecule has 2 heterocycles. The summed E-state index contributed by atoms with van der Waals surface area (Å²) in [4.78, 5) is 28.5. The number of benzene rings is 1. The highest BCUT2D eigenvalue weighted by Crippen LogP contribution is 2.16. The van der Waals surface area contributed by atoms with E-state index >= 15 is 0 Å². The monoisotopic (exact) mass is 358 g/mol. The molecule has 26 heavy (non-hydrogen) atoms. The van der Waals surface area contributed by atoms with E-state index in [4.69, 9.17) is 4.74 Å². The molecule has 0 spiro atoms. The zero-order valence-corrected chi connectivity index (χ0v) is 15.3. The van der Waals surface area contributed by atoms with Gasteiger partial charge in [0.05, 0.1) is 12.9 Å². The molecule has 0 aliphatic carbocycles. The van der Waals surface area contributed by atoms with E-state index in [1.807, 2.05) is 32.0 Å². The molecule has 138 valence electrons. The number of nitrogens with zero attached hydrogens (tertiary/aromatic N) is 4. The van der Waals surface area contributed by atoms with Crippen molar-refractivity contribution < 1.29 is 9.84 Å². The van der Waals surface area contributed by atoms with Crippen LogP contribution in [0.15, 0.2) is 34.1 Å². The topological polar surface area (TPSA) is 91.3 Å². The molecule has 0 saturated heterocycles. The molecule has 0 radical (unpaired) electrons. The minimum atomic E-state index is -0.838. The Hall–Kier alpha value is -2.87. The molecule has 1 aromatic carbocycles. The van der Waals surface area contributed by atoms with Gasteiger partial charge in [0.15, 0.2) is 11.2 Å². The zero-order chi connectivity index (χ0) is 19.0. The van der Waals surface area contributed by atoms with Crippen LogP contribution >= 0.6 is 0 Å². The van der Waals surface area contributed by atoms with Gasteiger partial charge in [-0.1, -0.05) is 6.07 Å². The van der Waals surface area contributed by atoms with Crippen LogP contribution in [0.5, 0.6) is 5.75 Å². The first-order chi connectivity index (χ1) is 12.3. The van der Waals surface area contributed by atoms with Gasteiger partial charge in [0, 0.05) is 14.1 Å². The first kappa shape index (κ1) is 17.9. The van der Waals surface area contributed by atoms with E-state index < -0.39 is 17.4 Å². The standard InChI is InChI=1S/C18H22N4O4/c1-11-5-12(2)7-14(6-11)26-9-13(23)8-22-10-19-16-15(22)17(24)21(4)18(25)20(16)3/h5-7,10,13,23H,8-9H2,1-4H3. The molecule has 3 rings (SSSR count). The van der Waals surface area contributed by atoms with E-state index in [-0.39, 0.29) is 18.7 Å². The Kier molecular flexibility index (Phi) is 4.69. The lowest BCUT2D eigenvalue weighted by atomic mass is 10.1. The molecule has 0 amide bonds. The fourth-order valence-corrected chi connectivity index (χ4v) is 3.02. The Morgan fingerprint density at radius 2 is 1.77 bits per heavy atom. The summed E-state index contributed by atoms with van der Waals surface area (Å²) in [5, 5.41) is 10.3. The summed E-state index contributed by atoms with van der Waals surface area (Å²) in [6, 6.07) is 5.84. The van der Waals surface area contributed by atoms with Crippen molar-refractivity contribution in [2.24, 2.45) is 14.1 Å². The van der Waals surface area contributed by atoms with Crippen LogP contribution in [-0.2, 0) is 20.6 Å². The zero-order valence-electron chi connectivity index (χ0n) is 15.3. The predicted octanol–water partition coefficient (Wildman–Crippen LogP) is 0.490. The maximum atomic E-state index is 12.4. The van der Waals surface area contributed by atoms with Gasteiger partial charge >= 0.3 is 5.69 Å². The third-order valence-electron chi connectivity index (χ3n) is 4.26. The fourth-order valence-electron chi connectivity index (χ4n) is 3.02. The van der Waals surface area contributed by atoms with Gasteiger partial charge < -0.3 is 14.4 Å². The van der Waals surface area contributed by atoms with Gasteiger partial charge in [-0.25, -0.2) is 9.78 Å². The highest BCUT2D eigenvalue weighted by Gasteiger charge is 2.16. The van der Waals surface area contributed by atoms with Crippen LogP contribution in [0, 0.1) is 13.8 Å². The molecule has 1 atom stereocenters. The van der Waals surface area contributed by atoms with Gasteiger partial charge in [-0.3, -0.25) is 13.9 Å². The maximum absolute atomic E-state index is 12.4. The van der Waals surface area contributed by atoms with Crippen LogP contribution < -0.4 is 16.0 Å². The number of imidazole rings is 1. The third kappa shape index (κ3) is 3.28. The van der Waals surface area contributed by atoms with Crippen molar-refractivity contribution in [3.63, 3.8) is 0 Å². The van der Waals surface area contributed by atoms with Crippen LogP contribution in [0.2, 0.25) is 0 Å². The van der Waals surface area contributed by atoms with Gasteiger partial charge in [-0.2, -0.15) is 0 Å². The Morgan fingerprint density at radius 3 is 2.42 bits per heavy atom. The molecular formula is C18H22N4O4. The quantitative estimate of drug-likeness (QED) is 0.717. The van der Waals surface area contributed by atoms with Gasteiger partial charge in [-0.05, 0) is 37.1 Å². The highest BCUT2D eigenvalue weighted by atomic mass is 16.5. The van der Waals surface area contributed by atoms with Gasteiger partial charge in [0.25, 0.3) is 5.56 Å². The summed E-state index contributed by atoms with van der Waals surface area (Å²) in [5.74, 6) is 0.690. The number of aliphatic hydroxyl groups is 1. The summed E-state index contributed by atoms with van der Waals surface area (Å²) < 4.78 is 9.55. The molecular weight excluding hydrogens is 336 g/mol. The Morgan fingerprint density at radius 1 is 1.12 bits per heavy atom. The largest absolute Gasteiger partial charge is 0.491 e. The van der Waals surface area contributed by atoms with Crippen molar-refractivity contribution in [1.82, 2.24) is 18.7 Å². The van der Waals surface area contributed by atoms with E-state index in [1.54, 1.807) is 11.6 Å². The first-order valence-corrected chi connectivity index (χ1v) is 8.28. The van der Waals surface area contributed by atoms with Crippen LogP contribution in [0.4, 0.5) is 0 Å². The van der Waals surface area contributed by atoms with Crippen LogP contribution in [0.25, 0.3) is 11.2 Å². The van der Waals surface area contributed by atoms with Gasteiger partial charge in [0.1, 0.15) is 18.5 Å². The Labute approximate surface area is 149 Å². The fraction of sp³-hybridized carbons (Fsp3) is 0.389. The number of hydrogen-bond acceptors (Lipinski definition) is 5. The molecule has 0 aliphatic rings. The van der Waals surface area contributed by atoms with Crippen LogP contribution in [0.1, 0.15) is 11.1 Å². The number of hydrogen-bond donors (Lipinski definition) is 1. The third-order valence-corrected chi connectivity index (χ3v) is 4.26. The second kappa shape index (κ2) is 6.80. The smallest absolute Gasteiger partial charge is 0.332 e. The Bertz CT molecular complexity index is 1060. The molecule has 1 unspecified atom stereocenters. The molecule has 1 N–H and O–H groups in total. The van der Waals surface area contributed by atoms with Crippen molar-refractivity contribution in [3.8, 4) is 5.75 Å². The molecule has 0 bridgehead atoms. The number of aryl methyl sites for hydroxylation is 3. The molecule has 8 heteroatoms. The normalized spacial score (nSPS) is 12.5. The molecule has 8 nitrogen and oxygen atoms in total. The SMILES string of the molecule is Cc1cc(C)cc(OCC(O)Cn2cnc3c2c(=O)n(C)c(=O)n3C)c1. The van der Waals surface area contributed by atoms with Crippen molar-refractivity contribution in [3.05, 3.63) is 56.5 Å². The molecule has 0 saturated carbocycles. The lowest BCUT2D eigenvalue weighted by molar-refractivity contribution is 0.0933. The average molecular weight is 358 g/mol. The van der Waals surface area contributed by atoms with E-state index in [2.05, 4.69) is 4.98 Å². The summed E-state index contributed by atoms with van der Waals surface area (Å²) in [6.45, 7) is 4.17. The first-order valence-electron chi connectivity index (χ1n) is 8.28. The van der Waals surface area contributed by atoms with Crippen molar-refractivity contribution in [1.29, 1.82) is 0 Å². The number of aliphatic hydroxyl groups excluding tert-OH is 1. The maximum Gasteiger partial charge on any atom is 0.332 e. The molecule has 0 aliphatic heterocycles. The van der Waals surface area contributed by atoms with Gasteiger partial charge in [-0.15, -0.1) is 0 Å². The number of aromatic nitrogens is 4. The summed E-state index contributed by atoms with van der Waals surface area (Å²) in [6.07, 6.45) is 0.612. The molecule has 2 aromatic heterocycles.